The van der Waals surface area contributed by atoms with E-state index in [1.54, 1.807) is 24.3 Å². The third-order valence-corrected chi connectivity index (χ3v) is 1.97. The molecule has 3 heteroatoms. The zero-order chi connectivity index (χ0) is 8.97. The van der Waals surface area contributed by atoms with Gasteiger partial charge in [-0.3, -0.25) is 0 Å². The Hall–Kier alpha value is -0.830. The lowest BCUT2D eigenvalue weighted by Gasteiger charge is -2.02. The highest BCUT2D eigenvalue weighted by atomic mass is 79.9. The van der Waals surface area contributed by atoms with Crippen molar-refractivity contribution in [3.8, 4) is 0 Å². The van der Waals surface area contributed by atoms with Crippen molar-refractivity contribution >= 4 is 21.9 Å². The van der Waals surface area contributed by atoms with Gasteiger partial charge in [-0.1, -0.05) is 40.2 Å². The van der Waals surface area contributed by atoms with Crippen molar-refractivity contribution in [2.24, 2.45) is 0 Å². The third-order valence-electron chi connectivity index (χ3n) is 1.57. The van der Waals surface area contributed by atoms with Crippen LogP contribution in [-0.4, -0.2) is 11.3 Å². The Kier molecular flexibility index (Phi) is 3.29. The van der Waals surface area contributed by atoms with E-state index in [0.717, 1.165) is 17.3 Å². The molecule has 0 aliphatic heterocycles. The summed E-state index contributed by atoms with van der Waals surface area (Å²) in [5.74, 6) is -1.12. The highest BCUT2D eigenvalue weighted by Gasteiger charge is 1.93. The van der Waals surface area contributed by atoms with Gasteiger partial charge in [0.25, 0.3) is 0 Å². The fraction of sp³-hybridized carbons (Fsp3) is 0.222. The van der Waals surface area contributed by atoms with Gasteiger partial charge in [0, 0.05) is 5.33 Å². The summed E-state index contributed by atoms with van der Waals surface area (Å²) >= 11 is 3.30. The Balaban J connectivity index is 2.78. The number of aryl methyl sites for hydroxylation is 1. The molecule has 2 nitrogen and oxygen atoms in total. The van der Waals surface area contributed by atoms with Gasteiger partial charge in [0.2, 0.25) is 0 Å². The van der Waals surface area contributed by atoms with Crippen molar-refractivity contribution in [3.63, 3.8) is 0 Å². The van der Waals surface area contributed by atoms with Crippen LogP contribution in [0.3, 0.4) is 0 Å². The van der Waals surface area contributed by atoms with Crippen molar-refractivity contribution in [2.45, 2.75) is 6.42 Å². The molecule has 0 atom stereocenters. The maximum Gasteiger partial charge on any atom is 0.0715 e. The Labute approximate surface area is 79.3 Å². The predicted octanol–water partition coefficient (Wildman–Crippen LogP) is 0.987. The maximum atomic E-state index is 10.3. The minimum Gasteiger partial charge on any atom is -0.545 e. The lowest BCUT2D eigenvalue weighted by atomic mass is 10.1. The summed E-state index contributed by atoms with van der Waals surface area (Å²) < 4.78 is 0. The van der Waals surface area contributed by atoms with Crippen LogP contribution in [-0.2, 0) is 6.42 Å². The Morgan fingerprint density at radius 3 is 2.33 bits per heavy atom. The summed E-state index contributed by atoms with van der Waals surface area (Å²) in [5.41, 5.74) is 1.35. The molecule has 0 amide bonds. The van der Waals surface area contributed by atoms with Crippen LogP contribution in [0.4, 0.5) is 0 Å². The van der Waals surface area contributed by atoms with Gasteiger partial charge in [-0.15, -0.1) is 0 Å². The van der Waals surface area contributed by atoms with Gasteiger partial charge in [-0.2, -0.15) is 0 Å². The zero-order valence-corrected chi connectivity index (χ0v) is 8.00. The molecule has 1 rings (SSSR count). The Morgan fingerprint density at radius 2 is 1.92 bits per heavy atom. The van der Waals surface area contributed by atoms with Crippen LogP contribution < -0.4 is 5.11 Å². The van der Waals surface area contributed by atoms with Crippen molar-refractivity contribution < 1.29 is 9.90 Å². The Bertz CT molecular complexity index is 266. The molecule has 0 spiro atoms. The number of rotatable bonds is 3. The average molecular weight is 228 g/mol. The summed E-state index contributed by atoms with van der Waals surface area (Å²) in [6, 6.07) is 6.72. The first-order valence-electron chi connectivity index (χ1n) is 3.60. The second kappa shape index (κ2) is 4.26. The van der Waals surface area contributed by atoms with E-state index in [0.29, 0.717) is 0 Å². The second-order valence-electron chi connectivity index (χ2n) is 2.42. The normalized spacial score (nSPS) is 9.75. The highest BCUT2D eigenvalue weighted by molar-refractivity contribution is 9.09. The maximum absolute atomic E-state index is 10.3. The number of benzene rings is 1. The number of carboxylic acid groups (broad SMARTS) is 1. The van der Waals surface area contributed by atoms with Crippen LogP contribution in [0.1, 0.15) is 15.9 Å². The van der Waals surface area contributed by atoms with Crippen LogP contribution >= 0.6 is 15.9 Å². The molecule has 0 aliphatic carbocycles. The molecule has 0 radical (unpaired) electrons. The van der Waals surface area contributed by atoms with Gasteiger partial charge in [-0.05, 0) is 17.5 Å². The van der Waals surface area contributed by atoms with Crippen molar-refractivity contribution in [1.29, 1.82) is 0 Å². The van der Waals surface area contributed by atoms with Crippen LogP contribution in [0.2, 0.25) is 0 Å². The molecule has 0 heterocycles. The minimum atomic E-state index is -1.12. The van der Waals surface area contributed by atoms with Gasteiger partial charge in [0.15, 0.2) is 0 Å². The van der Waals surface area contributed by atoms with Crippen LogP contribution in [0.5, 0.6) is 0 Å². The molecule has 0 fully saturated rings. The molecular weight excluding hydrogens is 220 g/mol. The molecule has 0 unspecified atom stereocenters. The SMILES string of the molecule is O=C([O-])c1ccc(CCBr)cc1. The van der Waals surface area contributed by atoms with E-state index in [1.807, 2.05) is 0 Å². The van der Waals surface area contributed by atoms with Gasteiger partial charge >= 0.3 is 0 Å². The summed E-state index contributed by atoms with van der Waals surface area (Å²) in [6.45, 7) is 0. The summed E-state index contributed by atoms with van der Waals surface area (Å²) in [6.07, 6.45) is 0.910. The van der Waals surface area contributed by atoms with E-state index in [-0.39, 0.29) is 5.56 Å². The quantitative estimate of drug-likeness (QED) is 0.723. The van der Waals surface area contributed by atoms with E-state index < -0.39 is 5.97 Å². The molecule has 1 aromatic rings. The van der Waals surface area contributed by atoms with Gasteiger partial charge in [0.1, 0.15) is 0 Å². The average Bonchev–Trinajstić information content (AvgIpc) is 2.06. The number of carbonyl (C=O) groups is 1. The number of aromatic carboxylic acids is 1. The molecule has 0 N–H and O–H groups in total. The summed E-state index contributed by atoms with van der Waals surface area (Å²) in [7, 11) is 0. The molecule has 12 heavy (non-hydrogen) atoms. The molecule has 0 saturated heterocycles. The van der Waals surface area contributed by atoms with E-state index in [2.05, 4.69) is 15.9 Å². The fourth-order valence-corrected chi connectivity index (χ4v) is 1.37. The molecule has 0 saturated carbocycles. The number of halogens is 1. The molecule has 64 valence electrons. The van der Waals surface area contributed by atoms with E-state index in [4.69, 9.17) is 0 Å². The van der Waals surface area contributed by atoms with E-state index in [9.17, 15) is 9.90 Å². The second-order valence-corrected chi connectivity index (χ2v) is 3.22. The smallest absolute Gasteiger partial charge is 0.0715 e. The van der Waals surface area contributed by atoms with Crippen LogP contribution in [0, 0.1) is 0 Å². The lowest BCUT2D eigenvalue weighted by molar-refractivity contribution is -0.255. The van der Waals surface area contributed by atoms with Crippen LogP contribution in [0.25, 0.3) is 0 Å². The van der Waals surface area contributed by atoms with E-state index >= 15 is 0 Å². The number of carbonyl (C=O) groups excluding carboxylic acids is 1. The van der Waals surface area contributed by atoms with Gasteiger partial charge in [0.05, 0.1) is 5.97 Å². The molecule has 0 aliphatic rings. The van der Waals surface area contributed by atoms with Crippen molar-refractivity contribution in [3.05, 3.63) is 35.4 Å². The largest absolute Gasteiger partial charge is 0.545 e. The third kappa shape index (κ3) is 2.34. The number of hydrogen-bond acceptors (Lipinski definition) is 2. The van der Waals surface area contributed by atoms with Crippen molar-refractivity contribution in [1.82, 2.24) is 0 Å². The summed E-state index contributed by atoms with van der Waals surface area (Å²) in [5, 5.41) is 11.2. The number of alkyl halides is 1. The van der Waals surface area contributed by atoms with Gasteiger partial charge in [-0.25, -0.2) is 0 Å². The number of carboxylic acids is 1. The molecule has 0 aromatic heterocycles. The fourth-order valence-electron chi connectivity index (χ4n) is 0.917. The molecule has 1 aromatic carbocycles. The lowest BCUT2D eigenvalue weighted by Crippen LogP contribution is -2.21. The van der Waals surface area contributed by atoms with Crippen molar-refractivity contribution in [2.75, 3.05) is 5.33 Å². The first-order chi connectivity index (χ1) is 5.74. The first kappa shape index (κ1) is 9.26. The monoisotopic (exact) mass is 227 g/mol. The Morgan fingerprint density at radius 1 is 1.33 bits per heavy atom. The number of hydrogen-bond donors (Lipinski definition) is 0. The highest BCUT2D eigenvalue weighted by Crippen LogP contribution is 2.05. The van der Waals surface area contributed by atoms with Gasteiger partial charge < -0.3 is 9.90 Å². The topological polar surface area (TPSA) is 40.1 Å². The van der Waals surface area contributed by atoms with E-state index in [1.165, 1.54) is 0 Å². The summed E-state index contributed by atoms with van der Waals surface area (Å²) in [4.78, 5) is 10.3. The predicted molar refractivity (Wildman–Crippen MR) is 48.3 cm³/mol. The first-order valence-corrected chi connectivity index (χ1v) is 4.72. The molecular formula is C9H8BrO2-. The minimum absolute atomic E-state index is 0.230. The standard InChI is InChI=1S/C9H9BrO2/c10-6-5-7-1-3-8(4-2-7)9(11)12/h1-4H,5-6H2,(H,11,12)/p-1. The molecule has 0 bridgehead atoms. The van der Waals surface area contributed by atoms with Crippen LogP contribution in [0.15, 0.2) is 24.3 Å². The zero-order valence-electron chi connectivity index (χ0n) is 6.42.